The van der Waals surface area contributed by atoms with Crippen LogP contribution >= 0.6 is 0 Å². The Morgan fingerprint density at radius 3 is 2.63 bits per heavy atom. The first-order chi connectivity index (χ1) is 14.6. The number of hydrogen-bond acceptors (Lipinski definition) is 4. The van der Waals surface area contributed by atoms with Crippen molar-refractivity contribution in [3.8, 4) is 11.5 Å². The van der Waals surface area contributed by atoms with E-state index in [9.17, 15) is 0 Å². The zero-order chi connectivity index (χ0) is 20.9. The molecule has 1 aliphatic heterocycles. The number of nitrogens with one attached hydrogen (secondary N) is 1. The smallest absolute Gasteiger partial charge is 0.124 e. The summed E-state index contributed by atoms with van der Waals surface area (Å²) in [7, 11) is 1.76. The summed E-state index contributed by atoms with van der Waals surface area (Å²) >= 11 is 0. The van der Waals surface area contributed by atoms with Crippen molar-refractivity contribution in [3.05, 3.63) is 59.2 Å². The first-order valence-electron chi connectivity index (χ1n) is 11.4. The maximum Gasteiger partial charge on any atom is 0.124 e. The number of methoxy groups -OCH3 is 1. The molecule has 0 radical (unpaired) electrons. The maximum absolute atomic E-state index is 6.34. The minimum absolute atomic E-state index is 0.147. The van der Waals surface area contributed by atoms with Gasteiger partial charge in [-0.1, -0.05) is 24.3 Å². The summed E-state index contributed by atoms with van der Waals surface area (Å²) in [4.78, 5) is 0. The van der Waals surface area contributed by atoms with Crippen molar-refractivity contribution in [2.24, 2.45) is 0 Å². The van der Waals surface area contributed by atoms with Gasteiger partial charge in [0.15, 0.2) is 0 Å². The molecule has 0 aromatic heterocycles. The molecular formula is C26H35NO3. The SMILES string of the molecule is COC[C@H](C)NC1CCC(Oc2ccc3c(c2)CCC(c2ccccc2C)O3)CC1. The monoisotopic (exact) mass is 409 g/mol. The molecule has 4 nitrogen and oxygen atoms in total. The van der Waals surface area contributed by atoms with Crippen molar-refractivity contribution >= 4 is 0 Å². The van der Waals surface area contributed by atoms with E-state index < -0.39 is 0 Å². The highest BCUT2D eigenvalue weighted by molar-refractivity contribution is 5.43. The van der Waals surface area contributed by atoms with Gasteiger partial charge in [-0.25, -0.2) is 0 Å². The van der Waals surface area contributed by atoms with E-state index in [1.807, 2.05) is 0 Å². The number of hydrogen-bond donors (Lipinski definition) is 1. The second-order valence-electron chi connectivity index (χ2n) is 8.89. The third-order valence-corrected chi connectivity index (χ3v) is 6.43. The Labute approximate surface area is 180 Å². The molecule has 1 N–H and O–H groups in total. The van der Waals surface area contributed by atoms with Crippen molar-refractivity contribution in [1.29, 1.82) is 0 Å². The summed E-state index contributed by atoms with van der Waals surface area (Å²) in [5, 5.41) is 3.67. The summed E-state index contributed by atoms with van der Waals surface area (Å²) in [5.74, 6) is 1.98. The maximum atomic E-state index is 6.34. The lowest BCUT2D eigenvalue weighted by Gasteiger charge is -2.32. The summed E-state index contributed by atoms with van der Waals surface area (Å²) in [5.41, 5.74) is 3.86. The molecule has 1 saturated carbocycles. The Morgan fingerprint density at radius 1 is 1.07 bits per heavy atom. The third kappa shape index (κ3) is 5.16. The molecule has 1 heterocycles. The van der Waals surface area contributed by atoms with Gasteiger partial charge in [0.25, 0.3) is 0 Å². The van der Waals surface area contributed by atoms with Gasteiger partial charge in [0.05, 0.1) is 12.7 Å². The highest BCUT2D eigenvalue weighted by Gasteiger charge is 2.25. The van der Waals surface area contributed by atoms with Gasteiger partial charge in [-0.3, -0.25) is 0 Å². The number of benzene rings is 2. The van der Waals surface area contributed by atoms with Crippen LogP contribution in [0.15, 0.2) is 42.5 Å². The fourth-order valence-electron chi connectivity index (χ4n) is 4.85. The van der Waals surface area contributed by atoms with Crippen molar-refractivity contribution in [1.82, 2.24) is 5.32 Å². The van der Waals surface area contributed by atoms with Gasteiger partial charge >= 0.3 is 0 Å². The third-order valence-electron chi connectivity index (χ3n) is 6.43. The van der Waals surface area contributed by atoms with Gasteiger partial charge in [0.2, 0.25) is 0 Å². The lowest BCUT2D eigenvalue weighted by Crippen LogP contribution is -2.42. The van der Waals surface area contributed by atoms with Crippen LogP contribution in [0.1, 0.15) is 61.8 Å². The van der Waals surface area contributed by atoms with E-state index >= 15 is 0 Å². The molecule has 0 bridgehead atoms. The molecule has 0 spiro atoms. The van der Waals surface area contributed by atoms with E-state index in [1.54, 1.807) is 7.11 Å². The zero-order valence-electron chi connectivity index (χ0n) is 18.5. The number of aryl methyl sites for hydroxylation is 2. The lowest BCUT2D eigenvalue weighted by atomic mass is 9.92. The van der Waals surface area contributed by atoms with Crippen LogP contribution in [0.3, 0.4) is 0 Å². The lowest BCUT2D eigenvalue weighted by molar-refractivity contribution is 0.124. The topological polar surface area (TPSA) is 39.7 Å². The van der Waals surface area contributed by atoms with E-state index in [0.717, 1.165) is 56.6 Å². The minimum Gasteiger partial charge on any atom is -0.490 e. The molecule has 2 atom stereocenters. The fourth-order valence-corrected chi connectivity index (χ4v) is 4.85. The van der Waals surface area contributed by atoms with E-state index in [0.29, 0.717) is 18.2 Å². The van der Waals surface area contributed by atoms with E-state index in [1.165, 1.54) is 16.7 Å². The molecule has 162 valence electrons. The predicted octanol–water partition coefficient (Wildman–Crippen LogP) is 5.38. The highest BCUT2D eigenvalue weighted by Crippen LogP contribution is 2.38. The van der Waals surface area contributed by atoms with Crippen molar-refractivity contribution in [2.75, 3.05) is 13.7 Å². The summed E-state index contributed by atoms with van der Waals surface area (Å²) in [6, 6.07) is 15.9. The molecular weight excluding hydrogens is 374 g/mol. The van der Waals surface area contributed by atoms with Gasteiger partial charge in [0, 0.05) is 19.2 Å². The Balaban J connectivity index is 1.31. The molecule has 2 aliphatic rings. The van der Waals surface area contributed by atoms with E-state index in [-0.39, 0.29) is 6.10 Å². The Bertz CT molecular complexity index is 829. The standard InChI is InChI=1S/C26H35NO3/c1-18-6-4-5-7-24(18)26-14-8-20-16-23(13-15-25(20)30-26)29-22-11-9-21(10-12-22)27-19(2)17-28-3/h4-7,13,15-16,19,21-22,26-27H,8-12,14,17H2,1-3H3/t19-,21?,22?,26?/m0/s1. The number of fused-ring (bicyclic) bond motifs is 1. The van der Waals surface area contributed by atoms with Gasteiger partial charge in [-0.2, -0.15) is 0 Å². The summed E-state index contributed by atoms with van der Waals surface area (Å²) in [6.45, 7) is 5.11. The van der Waals surface area contributed by atoms with Crippen LogP contribution in [-0.4, -0.2) is 31.9 Å². The Kier molecular flexibility index (Phi) is 6.96. The molecule has 2 aromatic carbocycles. The predicted molar refractivity (Wildman–Crippen MR) is 120 cm³/mol. The summed E-state index contributed by atoms with van der Waals surface area (Å²) < 4.78 is 17.9. The minimum atomic E-state index is 0.147. The van der Waals surface area contributed by atoms with Crippen molar-refractivity contribution in [3.63, 3.8) is 0 Å². The van der Waals surface area contributed by atoms with Gasteiger partial charge in [-0.05, 0) is 87.3 Å². The van der Waals surface area contributed by atoms with Crippen LogP contribution < -0.4 is 14.8 Å². The van der Waals surface area contributed by atoms with E-state index in [2.05, 4.69) is 61.6 Å². The molecule has 30 heavy (non-hydrogen) atoms. The molecule has 0 amide bonds. The fraction of sp³-hybridized carbons (Fsp3) is 0.538. The Morgan fingerprint density at radius 2 is 1.87 bits per heavy atom. The zero-order valence-corrected chi connectivity index (χ0v) is 18.5. The molecule has 4 rings (SSSR count). The molecule has 2 aromatic rings. The Hall–Kier alpha value is -2.04. The second-order valence-corrected chi connectivity index (χ2v) is 8.89. The van der Waals surface area contributed by atoms with Gasteiger partial charge in [-0.15, -0.1) is 0 Å². The molecule has 1 aliphatic carbocycles. The van der Waals surface area contributed by atoms with Crippen molar-refractivity contribution < 1.29 is 14.2 Å². The second kappa shape index (κ2) is 9.84. The normalized spacial score (nSPS) is 24.6. The van der Waals surface area contributed by atoms with Crippen LogP contribution in [0, 0.1) is 6.92 Å². The van der Waals surface area contributed by atoms with Crippen LogP contribution in [0.25, 0.3) is 0 Å². The molecule has 4 heteroatoms. The van der Waals surface area contributed by atoms with Gasteiger partial charge in [0.1, 0.15) is 17.6 Å². The first kappa shape index (κ1) is 21.2. The van der Waals surface area contributed by atoms with Gasteiger partial charge < -0.3 is 19.5 Å². The largest absolute Gasteiger partial charge is 0.490 e. The van der Waals surface area contributed by atoms with Crippen molar-refractivity contribution in [2.45, 2.75) is 76.7 Å². The van der Waals surface area contributed by atoms with Crippen LogP contribution in [0.2, 0.25) is 0 Å². The molecule has 1 fully saturated rings. The average Bonchev–Trinajstić information content (AvgIpc) is 2.75. The number of rotatable bonds is 7. The number of ether oxygens (including phenoxy) is 3. The van der Waals surface area contributed by atoms with Crippen LogP contribution in [-0.2, 0) is 11.2 Å². The van der Waals surface area contributed by atoms with Crippen LogP contribution in [0.4, 0.5) is 0 Å². The molecule has 0 saturated heterocycles. The average molecular weight is 410 g/mol. The highest BCUT2D eigenvalue weighted by atomic mass is 16.5. The summed E-state index contributed by atoms with van der Waals surface area (Å²) in [6.07, 6.45) is 7.00. The first-order valence-corrected chi connectivity index (χ1v) is 11.4. The van der Waals surface area contributed by atoms with E-state index in [4.69, 9.17) is 14.2 Å². The molecule has 1 unspecified atom stereocenters. The van der Waals surface area contributed by atoms with Crippen LogP contribution in [0.5, 0.6) is 11.5 Å². The quantitative estimate of drug-likeness (QED) is 0.667.